The molecule has 25 heavy (non-hydrogen) atoms. The summed E-state index contributed by atoms with van der Waals surface area (Å²) < 4.78 is 6.68. The van der Waals surface area contributed by atoms with Gasteiger partial charge in [-0.15, -0.1) is 5.10 Å². The van der Waals surface area contributed by atoms with Crippen LogP contribution in [0.25, 0.3) is 11.4 Å². The van der Waals surface area contributed by atoms with E-state index >= 15 is 0 Å². The highest BCUT2D eigenvalue weighted by molar-refractivity contribution is 5.88. The lowest BCUT2D eigenvalue weighted by Crippen LogP contribution is -2.16. The molecule has 0 aliphatic heterocycles. The summed E-state index contributed by atoms with van der Waals surface area (Å²) in [6.45, 7) is 1.98. The van der Waals surface area contributed by atoms with Crippen LogP contribution in [0.15, 0.2) is 42.5 Å². The van der Waals surface area contributed by atoms with Crippen molar-refractivity contribution in [1.82, 2.24) is 20.0 Å². The molecule has 3 aromatic rings. The number of benzene rings is 1. The van der Waals surface area contributed by atoms with Gasteiger partial charge in [0.1, 0.15) is 6.61 Å². The van der Waals surface area contributed by atoms with E-state index in [1.165, 1.54) is 4.68 Å². The van der Waals surface area contributed by atoms with E-state index in [0.717, 1.165) is 5.56 Å². The molecule has 3 N–H and O–H groups in total. The van der Waals surface area contributed by atoms with Gasteiger partial charge in [0.15, 0.2) is 11.5 Å². The fourth-order valence-corrected chi connectivity index (χ4v) is 2.23. The molecule has 0 bridgehead atoms. The van der Waals surface area contributed by atoms with Gasteiger partial charge in [-0.2, -0.15) is 0 Å². The van der Waals surface area contributed by atoms with E-state index in [2.05, 4.69) is 20.6 Å². The van der Waals surface area contributed by atoms with Crippen molar-refractivity contribution in [3.05, 3.63) is 53.7 Å². The number of nitrogens with two attached hydrogens (primary N) is 1. The molecule has 0 atom stereocenters. The monoisotopic (exact) mass is 338 g/mol. The number of aryl methyl sites for hydroxylation is 2. The maximum atomic E-state index is 12.1. The highest BCUT2D eigenvalue weighted by atomic mass is 16.5. The van der Waals surface area contributed by atoms with Crippen molar-refractivity contribution in [3.63, 3.8) is 0 Å². The Bertz CT molecular complexity index is 891. The van der Waals surface area contributed by atoms with E-state index in [1.54, 1.807) is 26.1 Å². The van der Waals surface area contributed by atoms with Gasteiger partial charge in [-0.1, -0.05) is 35.5 Å². The molecule has 0 saturated heterocycles. The summed E-state index contributed by atoms with van der Waals surface area (Å²) in [5, 5.41) is 10.7. The third-order valence-corrected chi connectivity index (χ3v) is 3.63. The summed E-state index contributed by atoms with van der Waals surface area (Å²) >= 11 is 0. The Morgan fingerprint density at radius 2 is 2.00 bits per heavy atom. The fraction of sp³-hybridized carbons (Fsp3) is 0.176. The summed E-state index contributed by atoms with van der Waals surface area (Å²) in [6, 6.07) is 12.9. The predicted octanol–water partition coefficient (Wildman–Crippen LogP) is 2.52. The Balaban J connectivity index is 1.75. The number of nitrogens with one attached hydrogen (secondary N) is 1. The lowest BCUT2D eigenvalue weighted by molar-refractivity contribution is 0.155. The molecule has 8 nitrogen and oxygen atoms in total. The molecule has 8 heteroatoms. The van der Waals surface area contributed by atoms with E-state index in [1.807, 2.05) is 30.3 Å². The summed E-state index contributed by atoms with van der Waals surface area (Å²) in [5.74, 6) is 0.398. The molecule has 3 rings (SSSR count). The van der Waals surface area contributed by atoms with Crippen LogP contribution in [0.2, 0.25) is 0 Å². The van der Waals surface area contributed by atoms with E-state index in [0.29, 0.717) is 28.6 Å². The van der Waals surface area contributed by atoms with Crippen molar-refractivity contribution < 1.29 is 9.53 Å². The summed E-state index contributed by atoms with van der Waals surface area (Å²) in [7, 11) is 1.67. The maximum Gasteiger partial charge on any atom is 0.413 e. The zero-order valence-electron chi connectivity index (χ0n) is 13.9. The topological polar surface area (TPSA) is 108 Å². The number of carbonyl (C=O) groups excluding carboxylic acids is 1. The number of nitrogens with zero attached hydrogens (tertiary/aromatic N) is 4. The van der Waals surface area contributed by atoms with Crippen LogP contribution in [0.5, 0.6) is 0 Å². The van der Waals surface area contributed by atoms with Crippen molar-refractivity contribution in [1.29, 1.82) is 0 Å². The van der Waals surface area contributed by atoms with Crippen molar-refractivity contribution in [2.75, 3.05) is 11.1 Å². The largest absolute Gasteiger partial charge is 0.444 e. The van der Waals surface area contributed by atoms with E-state index in [-0.39, 0.29) is 6.61 Å². The number of carbonyl (C=O) groups is 1. The van der Waals surface area contributed by atoms with Gasteiger partial charge in [0.05, 0.1) is 17.1 Å². The van der Waals surface area contributed by atoms with Gasteiger partial charge in [0.2, 0.25) is 0 Å². The van der Waals surface area contributed by atoms with Gasteiger partial charge in [0, 0.05) is 7.05 Å². The molecule has 128 valence electrons. The number of pyridine rings is 1. The van der Waals surface area contributed by atoms with Crippen LogP contribution in [0.1, 0.15) is 11.3 Å². The van der Waals surface area contributed by atoms with Crippen LogP contribution in [0.4, 0.5) is 16.3 Å². The Kier molecular flexibility index (Phi) is 4.60. The zero-order chi connectivity index (χ0) is 17.8. The first-order valence-electron chi connectivity index (χ1n) is 7.65. The molecule has 2 heterocycles. The van der Waals surface area contributed by atoms with Crippen molar-refractivity contribution in [2.24, 2.45) is 7.05 Å². The third-order valence-electron chi connectivity index (χ3n) is 3.63. The number of aromatic nitrogens is 4. The van der Waals surface area contributed by atoms with Crippen molar-refractivity contribution >= 4 is 17.6 Å². The number of anilines is 2. The average molecular weight is 338 g/mol. The first-order valence-corrected chi connectivity index (χ1v) is 7.65. The minimum absolute atomic E-state index is 0.173. The predicted molar refractivity (Wildman–Crippen MR) is 93.6 cm³/mol. The van der Waals surface area contributed by atoms with E-state index < -0.39 is 6.09 Å². The first kappa shape index (κ1) is 16.4. The number of hydrogen-bond donors (Lipinski definition) is 2. The smallest absolute Gasteiger partial charge is 0.413 e. The van der Waals surface area contributed by atoms with Crippen molar-refractivity contribution in [3.8, 4) is 11.4 Å². The molecule has 0 unspecified atom stereocenters. The number of amides is 1. The Labute approximate surface area is 144 Å². The Morgan fingerprint density at radius 1 is 1.24 bits per heavy atom. The third kappa shape index (κ3) is 3.74. The molecule has 0 aliphatic carbocycles. The lowest BCUT2D eigenvalue weighted by atomic mass is 10.2. The average Bonchev–Trinajstić information content (AvgIpc) is 2.97. The van der Waals surface area contributed by atoms with E-state index in [9.17, 15) is 4.79 Å². The molecular formula is C17H18N6O2. The fourth-order valence-electron chi connectivity index (χ4n) is 2.23. The molecule has 0 radical (unpaired) electrons. The van der Waals surface area contributed by atoms with Gasteiger partial charge in [-0.05, 0) is 24.6 Å². The molecule has 0 fully saturated rings. The highest BCUT2D eigenvalue weighted by Crippen LogP contribution is 2.25. The molecular weight excluding hydrogens is 320 g/mol. The van der Waals surface area contributed by atoms with Crippen LogP contribution in [0.3, 0.4) is 0 Å². The molecule has 1 amide bonds. The van der Waals surface area contributed by atoms with Crippen LogP contribution in [-0.2, 0) is 18.4 Å². The number of rotatable bonds is 4. The minimum atomic E-state index is -0.595. The SMILES string of the molecule is Cc1nc(-c2nnn(C)c2NC(=O)OCc2ccccc2)ccc1N. The summed E-state index contributed by atoms with van der Waals surface area (Å²) in [4.78, 5) is 16.5. The minimum Gasteiger partial charge on any atom is -0.444 e. The number of nitrogen functional groups attached to an aromatic ring is 1. The summed E-state index contributed by atoms with van der Waals surface area (Å²) in [5.41, 5.74) is 8.97. The molecule has 1 aromatic carbocycles. The second-order valence-electron chi connectivity index (χ2n) is 5.47. The quantitative estimate of drug-likeness (QED) is 0.757. The molecule has 0 aliphatic rings. The second-order valence-corrected chi connectivity index (χ2v) is 5.47. The zero-order valence-corrected chi connectivity index (χ0v) is 13.9. The van der Waals surface area contributed by atoms with Crippen LogP contribution >= 0.6 is 0 Å². The van der Waals surface area contributed by atoms with Gasteiger partial charge in [-0.25, -0.2) is 14.5 Å². The van der Waals surface area contributed by atoms with Gasteiger partial charge >= 0.3 is 6.09 Å². The van der Waals surface area contributed by atoms with Gasteiger partial charge in [-0.3, -0.25) is 5.32 Å². The molecule has 2 aromatic heterocycles. The highest BCUT2D eigenvalue weighted by Gasteiger charge is 2.17. The number of hydrogen-bond acceptors (Lipinski definition) is 6. The Hall–Kier alpha value is -3.42. The summed E-state index contributed by atoms with van der Waals surface area (Å²) in [6.07, 6.45) is -0.595. The lowest BCUT2D eigenvalue weighted by Gasteiger charge is -2.09. The van der Waals surface area contributed by atoms with Gasteiger partial charge < -0.3 is 10.5 Å². The molecule has 0 spiro atoms. The van der Waals surface area contributed by atoms with Crippen molar-refractivity contribution in [2.45, 2.75) is 13.5 Å². The normalized spacial score (nSPS) is 10.5. The van der Waals surface area contributed by atoms with Crippen LogP contribution < -0.4 is 11.1 Å². The maximum absolute atomic E-state index is 12.1. The second kappa shape index (κ2) is 7.00. The molecule has 0 saturated carbocycles. The van der Waals surface area contributed by atoms with Gasteiger partial charge in [0.25, 0.3) is 0 Å². The Morgan fingerprint density at radius 3 is 2.72 bits per heavy atom. The van der Waals surface area contributed by atoms with Crippen LogP contribution in [0, 0.1) is 6.92 Å². The number of ether oxygens (including phenoxy) is 1. The standard InChI is InChI=1S/C17H18N6O2/c1-11-13(18)8-9-14(19-11)15-16(23(2)22-21-15)20-17(24)25-10-12-6-4-3-5-7-12/h3-9H,10,18H2,1-2H3,(H,20,24). The van der Waals surface area contributed by atoms with Crippen LogP contribution in [-0.4, -0.2) is 26.1 Å². The van der Waals surface area contributed by atoms with E-state index in [4.69, 9.17) is 10.5 Å². The first-order chi connectivity index (χ1) is 12.0.